The molecule has 0 unspecified atom stereocenters. The summed E-state index contributed by atoms with van der Waals surface area (Å²) >= 11 is 0. The third-order valence-corrected chi connectivity index (χ3v) is 3.81. The van der Waals surface area contributed by atoms with Crippen molar-refractivity contribution in [2.45, 2.75) is 20.8 Å². The molecule has 0 spiro atoms. The zero-order chi connectivity index (χ0) is 21.6. The molecule has 0 atom stereocenters. The van der Waals surface area contributed by atoms with E-state index in [0.29, 0.717) is 5.75 Å². The van der Waals surface area contributed by atoms with Crippen LogP contribution >= 0.6 is 0 Å². The van der Waals surface area contributed by atoms with Gasteiger partial charge in [-0.25, -0.2) is 9.59 Å². The second kappa shape index (κ2) is 9.54. The summed E-state index contributed by atoms with van der Waals surface area (Å²) < 4.78 is 20.3. The molecular formula is C20H21NO8. The fourth-order valence-electron chi connectivity index (χ4n) is 2.58. The standard InChI is InChI=1S/C20H21NO8/c1-5-27-20(25)17-16(11(2)22)12(3)29-18(17)21-15(23)10-28-19(24)13-7-6-8-14(9-13)26-4/h6-9H,5,10H2,1-4H3,(H,21,23). The first-order chi connectivity index (χ1) is 13.8. The quantitative estimate of drug-likeness (QED) is 0.527. The van der Waals surface area contributed by atoms with Crippen molar-refractivity contribution < 1.29 is 37.8 Å². The van der Waals surface area contributed by atoms with Crippen LogP contribution in [-0.4, -0.2) is 44.0 Å². The molecular weight excluding hydrogens is 382 g/mol. The van der Waals surface area contributed by atoms with Gasteiger partial charge in [-0.15, -0.1) is 0 Å². The Morgan fingerprint density at radius 1 is 1.07 bits per heavy atom. The summed E-state index contributed by atoms with van der Waals surface area (Å²) in [6.07, 6.45) is 0. The summed E-state index contributed by atoms with van der Waals surface area (Å²) in [7, 11) is 1.46. The number of carbonyl (C=O) groups is 4. The molecule has 9 heteroatoms. The summed E-state index contributed by atoms with van der Waals surface area (Å²) in [4.78, 5) is 48.3. The molecule has 9 nitrogen and oxygen atoms in total. The van der Waals surface area contributed by atoms with Crippen molar-refractivity contribution in [2.24, 2.45) is 0 Å². The van der Waals surface area contributed by atoms with Gasteiger partial charge in [0.05, 0.1) is 24.8 Å². The van der Waals surface area contributed by atoms with Crippen molar-refractivity contribution in [2.75, 3.05) is 25.6 Å². The Labute approximate surface area is 166 Å². The third-order valence-electron chi connectivity index (χ3n) is 3.81. The van der Waals surface area contributed by atoms with Crippen LogP contribution in [0.3, 0.4) is 0 Å². The molecule has 0 saturated heterocycles. The van der Waals surface area contributed by atoms with Gasteiger partial charge in [-0.05, 0) is 39.0 Å². The number of benzene rings is 1. The van der Waals surface area contributed by atoms with Gasteiger partial charge >= 0.3 is 11.9 Å². The lowest BCUT2D eigenvalue weighted by atomic mass is 10.1. The molecule has 2 aromatic rings. The maximum absolute atomic E-state index is 12.2. The molecule has 0 aliphatic heterocycles. The third kappa shape index (κ3) is 5.22. The number of ketones is 1. The molecule has 0 aliphatic rings. The van der Waals surface area contributed by atoms with Crippen LogP contribution in [0, 0.1) is 6.92 Å². The fraction of sp³-hybridized carbons (Fsp3) is 0.300. The van der Waals surface area contributed by atoms with E-state index in [9.17, 15) is 19.2 Å². The summed E-state index contributed by atoms with van der Waals surface area (Å²) in [5.74, 6) is -2.33. The molecule has 29 heavy (non-hydrogen) atoms. The van der Waals surface area contributed by atoms with E-state index in [2.05, 4.69) is 5.32 Å². The van der Waals surface area contributed by atoms with Crippen molar-refractivity contribution in [3.8, 4) is 5.75 Å². The number of methoxy groups -OCH3 is 1. The molecule has 0 radical (unpaired) electrons. The van der Waals surface area contributed by atoms with Gasteiger partial charge in [0.2, 0.25) is 5.88 Å². The number of aryl methyl sites for hydroxylation is 1. The molecule has 1 aromatic carbocycles. The fourth-order valence-corrected chi connectivity index (χ4v) is 2.58. The lowest BCUT2D eigenvalue weighted by Gasteiger charge is -2.07. The Bertz CT molecular complexity index is 944. The Hall–Kier alpha value is -3.62. The Kier molecular flexibility index (Phi) is 7.13. The van der Waals surface area contributed by atoms with Crippen LogP contribution in [-0.2, 0) is 14.3 Å². The molecule has 0 saturated carbocycles. The van der Waals surface area contributed by atoms with Gasteiger partial charge in [0.25, 0.3) is 5.91 Å². The summed E-state index contributed by atoms with van der Waals surface area (Å²) in [5.41, 5.74) is 0.0496. The Balaban J connectivity index is 2.12. The summed E-state index contributed by atoms with van der Waals surface area (Å²) in [6, 6.07) is 6.24. The van der Waals surface area contributed by atoms with Crippen LogP contribution in [0.2, 0.25) is 0 Å². The first-order valence-corrected chi connectivity index (χ1v) is 8.70. The molecule has 0 aliphatic carbocycles. The van der Waals surface area contributed by atoms with E-state index in [1.54, 1.807) is 19.1 Å². The predicted octanol–water partition coefficient (Wildman–Crippen LogP) is 2.77. The SMILES string of the molecule is CCOC(=O)c1c(NC(=O)COC(=O)c2cccc(OC)c2)oc(C)c1C(C)=O. The van der Waals surface area contributed by atoms with Crippen LogP contribution in [0.4, 0.5) is 5.88 Å². The number of anilines is 1. The average Bonchev–Trinajstić information content (AvgIpc) is 3.02. The Morgan fingerprint density at radius 3 is 2.41 bits per heavy atom. The van der Waals surface area contributed by atoms with Crippen molar-refractivity contribution >= 4 is 29.5 Å². The van der Waals surface area contributed by atoms with E-state index in [1.807, 2.05) is 0 Å². The van der Waals surface area contributed by atoms with Crippen molar-refractivity contribution in [3.63, 3.8) is 0 Å². The molecule has 1 amide bonds. The number of furan rings is 1. The maximum Gasteiger partial charge on any atom is 0.344 e. The number of ether oxygens (including phenoxy) is 3. The van der Waals surface area contributed by atoms with Crippen LogP contribution in [0.5, 0.6) is 5.75 Å². The molecule has 1 aromatic heterocycles. The highest BCUT2D eigenvalue weighted by Crippen LogP contribution is 2.28. The highest BCUT2D eigenvalue weighted by atomic mass is 16.5. The maximum atomic E-state index is 12.2. The van der Waals surface area contributed by atoms with E-state index >= 15 is 0 Å². The first kappa shape index (κ1) is 21.7. The van der Waals surface area contributed by atoms with E-state index < -0.39 is 30.2 Å². The second-order valence-electron chi connectivity index (χ2n) is 5.87. The lowest BCUT2D eigenvalue weighted by Crippen LogP contribution is -2.22. The zero-order valence-corrected chi connectivity index (χ0v) is 16.5. The largest absolute Gasteiger partial charge is 0.497 e. The number of carbonyl (C=O) groups excluding carboxylic acids is 4. The van der Waals surface area contributed by atoms with Crippen LogP contribution in [0.1, 0.15) is 50.7 Å². The van der Waals surface area contributed by atoms with E-state index in [1.165, 1.54) is 33.1 Å². The summed E-state index contributed by atoms with van der Waals surface area (Å²) in [6.45, 7) is 3.80. The van der Waals surface area contributed by atoms with Gasteiger partial charge < -0.3 is 18.6 Å². The van der Waals surface area contributed by atoms with Gasteiger partial charge in [-0.1, -0.05) is 6.07 Å². The molecule has 1 N–H and O–H groups in total. The predicted molar refractivity (Wildman–Crippen MR) is 101 cm³/mol. The summed E-state index contributed by atoms with van der Waals surface area (Å²) in [5, 5.41) is 2.33. The van der Waals surface area contributed by atoms with Crippen molar-refractivity contribution in [3.05, 3.63) is 46.7 Å². The van der Waals surface area contributed by atoms with E-state index in [0.717, 1.165) is 0 Å². The molecule has 0 fully saturated rings. The van der Waals surface area contributed by atoms with Crippen LogP contribution in [0.15, 0.2) is 28.7 Å². The zero-order valence-electron chi connectivity index (χ0n) is 16.5. The molecule has 1 heterocycles. The number of hydrogen-bond acceptors (Lipinski definition) is 8. The number of hydrogen-bond donors (Lipinski definition) is 1. The number of amides is 1. The molecule has 2 rings (SSSR count). The highest BCUT2D eigenvalue weighted by molar-refractivity contribution is 6.10. The minimum absolute atomic E-state index is 0.0205. The first-order valence-electron chi connectivity index (χ1n) is 8.70. The van der Waals surface area contributed by atoms with Crippen molar-refractivity contribution in [1.82, 2.24) is 0 Å². The topological polar surface area (TPSA) is 121 Å². The van der Waals surface area contributed by atoms with Gasteiger partial charge in [-0.2, -0.15) is 0 Å². The Morgan fingerprint density at radius 2 is 1.79 bits per heavy atom. The van der Waals surface area contributed by atoms with Crippen LogP contribution < -0.4 is 10.1 Å². The van der Waals surface area contributed by atoms with Gasteiger partial charge in [-0.3, -0.25) is 14.9 Å². The lowest BCUT2D eigenvalue weighted by molar-refractivity contribution is -0.119. The number of Topliss-reactive ketones (excluding diaryl/α,β-unsaturated/α-hetero) is 1. The monoisotopic (exact) mass is 403 g/mol. The van der Waals surface area contributed by atoms with E-state index in [4.69, 9.17) is 18.6 Å². The second-order valence-corrected chi connectivity index (χ2v) is 5.87. The van der Waals surface area contributed by atoms with Crippen LogP contribution in [0.25, 0.3) is 0 Å². The molecule has 0 bridgehead atoms. The highest BCUT2D eigenvalue weighted by Gasteiger charge is 2.28. The normalized spacial score (nSPS) is 10.2. The molecule has 154 valence electrons. The average molecular weight is 403 g/mol. The van der Waals surface area contributed by atoms with Gasteiger partial charge in [0.1, 0.15) is 17.1 Å². The van der Waals surface area contributed by atoms with Gasteiger partial charge in [0.15, 0.2) is 12.4 Å². The minimum atomic E-state index is -0.807. The van der Waals surface area contributed by atoms with Crippen molar-refractivity contribution in [1.29, 1.82) is 0 Å². The number of rotatable bonds is 8. The number of esters is 2. The number of nitrogens with one attached hydrogen (secondary N) is 1. The smallest absolute Gasteiger partial charge is 0.344 e. The van der Waals surface area contributed by atoms with Gasteiger partial charge in [0, 0.05) is 0 Å². The van der Waals surface area contributed by atoms with E-state index in [-0.39, 0.29) is 34.9 Å². The minimum Gasteiger partial charge on any atom is -0.497 e.